The molecule has 1 aromatic carbocycles. The molecule has 0 atom stereocenters. The molecule has 0 bridgehead atoms. The Bertz CT molecular complexity index is 355. The molecule has 1 saturated carbocycles. The van der Waals surface area contributed by atoms with Crippen molar-refractivity contribution in [2.75, 3.05) is 5.33 Å². The van der Waals surface area contributed by atoms with Crippen molar-refractivity contribution in [3.05, 3.63) is 34.6 Å². The molecular formula is C12H13BrClF. The Balaban J connectivity index is 2.16. The van der Waals surface area contributed by atoms with Gasteiger partial charge in [0.25, 0.3) is 0 Å². The van der Waals surface area contributed by atoms with Crippen LogP contribution in [0.5, 0.6) is 0 Å². The molecule has 15 heavy (non-hydrogen) atoms. The van der Waals surface area contributed by atoms with E-state index < -0.39 is 0 Å². The Morgan fingerprint density at radius 2 is 2.13 bits per heavy atom. The molecule has 82 valence electrons. The highest BCUT2D eigenvalue weighted by Crippen LogP contribution is 2.45. The molecule has 0 saturated heterocycles. The second-order valence-electron chi connectivity index (χ2n) is 4.40. The van der Waals surface area contributed by atoms with Gasteiger partial charge < -0.3 is 0 Å². The molecule has 1 fully saturated rings. The van der Waals surface area contributed by atoms with E-state index in [1.54, 1.807) is 6.07 Å². The molecule has 0 spiro atoms. The highest BCUT2D eigenvalue weighted by molar-refractivity contribution is 9.09. The Hall–Kier alpha value is -0.0800. The second-order valence-corrected chi connectivity index (χ2v) is 5.37. The average molecular weight is 292 g/mol. The van der Waals surface area contributed by atoms with E-state index in [9.17, 15) is 4.39 Å². The summed E-state index contributed by atoms with van der Waals surface area (Å²) in [6.45, 7) is 0. The van der Waals surface area contributed by atoms with E-state index in [2.05, 4.69) is 15.9 Å². The van der Waals surface area contributed by atoms with Crippen LogP contribution in [0.15, 0.2) is 18.2 Å². The second kappa shape index (κ2) is 4.42. The molecule has 2 rings (SSSR count). The third-order valence-corrected chi connectivity index (χ3v) is 4.82. The average Bonchev–Trinajstić information content (AvgIpc) is 2.14. The molecule has 0 amide bonds. The largest absolute Gasteiger partial charge is 0.207 e. The van der Waals surface area contributed by atoms with Gasteiger partial charge in [-0.25, -0.2) is 4.39 Å². The first-order valence-electron chi connectivity index (χ1n) is 5.15. The van der Waals surface area contributed by atoms with E-state index in [0.717, 1.165) is 17.3 Å². The molecular weight excluding hydrogens is 278 g/mol. The predicted molar refractivity (Wildman–Crippen MR) is 65.2 cm³/mol. The summed E-state index contributed by atoms with van der Waals surface area (Å²) in [5.74, 6) is -0.259. The van der Waals surface area contributed by atoms with Crippen LogP contribution in [0, 0.1) is 11.2 Å². The minimum atomic E-state index is -0.259. The van der Waals surface area contributed by atoms with Gasteiger partial charge >= 0.3 is 0 Å². The Labute approximate surface area is 103 Å². The minimum absolute atomic E-state index is 0.259. The molecule has 0 aliphatic heterocycles. The summed E-state index contributed by atoms with van der Waals surface area (Å²) < 4.78 is 12.9. The zero-order valence-electron chi connectivity index (χ0n) is 8.40. The summed E-state index contributed by atoms with van der Waals surface area (Å²) in [5.41, 5.74) is 1.43. The number of hydrogen-bond acceptors (Lipinski definition) is 0. The van der Waals surface area contributed by atoms with Crippen LogP contribution in [0.4, 0.5) is 4.39 Å². The number of rotatable bonds is 3. The molecule has 0 unspecified atom stereocenters. The fourth-order valence-electron chi connectivity index (χ4n) is 2.10. The van der Waals surface area contributed by atoms with Crippen LogP contribution >= 0.6 is 27.5 Å². The molecule has 1 aliphatic rings. The molecule has 3 heteroatoms. The number of benzene rings is 1. The summed E-state index contributed by atoms with van der Waals surface area (Å²) in [6.07, 6.45) is 4.74. The molecule has 0 radical (unpaired) electrons. The third-order valence-electron chi connectivity index (χ3n) is 3.28. The van der Waals surface area contributed by atoms with Crippen LogP contribution < -0.4 is 0 Å². The quantitative estimate of drug-likeness (QED) is 0.715. The molecule has 0 heterocycles. The van der Waals surface area contributed by atoms with Crippen molar-refractivity contribution in [1.82, 2.24) is 0 Å². The van der Waals surface area contributed by atoms with Crippen LogP contribution in [0.3, 0.4) is 0 Å². The van der Waals surface area contributed by atoms with Crippen LogP contribution in [0.1, 0.15) is 24.8 Å². The smallest absolute Gasteiger partial charge is 0.124 e. The lowest BCUT2D eigenvalue weighted by atomic mass is 9.67. The van der Waals surface area contributed by atoms with E-state index in [1.165, 1.54) is 31.4 Å². The van der Waals surface area contributed by atoms with Crippen LogP contribution in [-0.4, -0.2) is 5.33 Å². The van der Waals surface area contributed by atoms with Gasteiger partial charge in [0.05, 0.1) is 0 Å². The van der Waals surface area contributed by atoms with Gasteiger partial charge in [0.15, 0.2) is 0 Å². The van der Waals surface area contributed by atoms with Crippen LogP contribution in [0.25, 0.3) is 0 Å². The number of alkyl halides is 1. The van der Waals surface area contributed by atoms with Gasteiger partial charge in [0.2, 0.25) is 0 Å². The molecule has 0 N–H and O–H groups in total. The normalized spacial score (nSPS) is 18.6. The van der Waals surface area contributed by atoms with Gasteiger partial charge in [-0.2, -0.15) is 0 Å². The lowest BCUT2D eigenvalue weighted by molar-refractivity contribution is 0.170. The summed E-state index contributed by atoms with van der Waals surface area (Å²) in [6, 6.07) is 4.69. The minimum Gasteiger partial charge on any atom is -0.207 e. The molecule has 0 aromatic heterocycles. The van der Waals surface area contributed by atoms with Crippen molar-refractivity contribution in [2.24, 2.45) is 5.41 Å². The van der Waals surface area contributed by atoms with Crippen molar-refractivity contribution in [2.45, 2.75) is 25.7 Å². The summed E-state index contributed by atoms with van der Waals surface area (Å²) in [4.78, 5) is 0. The fourth-order valence-corrected chi connectivity index (χ4v) is 3.10. The van der Waals surface area contributed by atoms with E-state index >= 15 is 0 Å². The topological polar surface area (TPSA) is 0 Å². The zero-order chi connectivity index (χ0) is 10.9. The predicted octanol–water partition coefficient (Wildman–Crippen LogP) is 4.59. The SMILES string of the molecule is Fc1ccc(CC2(CBr)CCC2)c(Cl)c1. The maximum atomic E-state index is 12.9. The van der Waals surface area contributed by atoms with Crippen molar-refractivity contribution >= 4 is 27.5 Å². The third kappa shape index (κ3) is 2.36. The van der Waals surface area contributed by atoms with Crippen molar-refractivity contribution in [3.63, 3.8) is 0 Å². The van der Waals surface area contributed by atoms with Gasteiger partial charge in [-0.15, -0.1) is 0 Å². The van der Waals surface area contributed by atoms with Gasteiger partial charge in [-0.3, -0.25) is 0 Å². The van der Waals surface area contributed by atoms with Gasteiger partial charge in [0.1, 0.15) is 5.82 Å². The van der Waals surface area contributed by atoms with Crippen molar-refractivity contribution < 1.29 is 4.39 Å². The summed E-state index contributed by atoms with van der Waals surface area (Å²) >= 11 is 9.58. The lowest BCUT2D eigenvalue weighted by Gasteiger charge is -2.41. The maximum Gasteiger partial charge on any atom is 0.124 e. The maximum absolute atomic E-state index is 12.9. The molecule has 1 aromatic rings. The number of hydrogen-bond donors (Lipinski definition) is 0. The van der Waals surface area contributed by atoms with Crippen LogP contribution in [0.2, 0.25) is 5.02 Å². The Morgan fingerprint density at radius 3 is 2.60 bits per heavy atom. The van der Waals surface area contributed by atoms with E-state index in [4.69, 9.17) is 11.6 Å². The first-order chi connectivity index (χ1) is 7.15. The fraction of sp³-hybridized carbons (Fsp3) is 0.500. The summed E-state index contributed by atoms with van der Waals surface area (Å²) in [7, 11) is 0. The lowest BCUT2D eigenvalue weighted by Crippen LogP contribution is -2.33. The van der Waals surface area contributed by atoms with Crippen molar-refractivity contribution in [3.8, 4) is 0 Å². The highest BCUT2D eigenvalue weighted by Gasteiger charge is 2.36. The first-order valence-corrected chi connectivity index (χ1v) is 6.65. The van der Waals surface area contributed by atoms with Crippen molar-refractivity contribution in [1.29, 1.82) is 0 Å². The molecule has 1 aliphatic carbocycles. The van der Waals surface area contributed by atoms with Crippen LogP contribution in [-0.2, 0) is 6.42 Å². The zero-order valence-corrected chi connectivity index (χ0v) is 10.7. The first kappa shape index (κ1) is 11.4. The van der Waals surface area contributed by atoms with E-state index in [-0.39, 0.29) is 5.82 Å². The Morgan fingerprint density at radius 1 is 1.40 bits per heavy atom. The number of halogens is 3. The highest BCUT2D eigenvalue weighted by atomic mass is 79.9. The summed E-state index contributed by atoms with van der Waals surface area (Å²) in [5, 5.41) is 1.57. The van der Waals surface area contributed by atoms with Gasteiger partial charge in [-0.1, -0.05) is 40.0 Å². The van der Waals surface area contributed by atoms with E-state index in [0.29, 0.717) is 10.4 Å². The Kier molecular flexibility index (Phi) is 3.36. The molecule has 0 nitrogen and oxygen atoms in total. The standard InChI is InChI=1S/C12H13BrClF/c13-8-12(4-1-5-12)7-9-2-3-10(15)6-11(9)14/h2-3,6H,1,4-5,7-8H2. The van der Waals surface area contributed by atoms with Gasteiger partial charge in [0, 0.05) is 10.4 Å². The van der Waals surface area contributed by atoms with Gasteiger partial charge in [-0.05, 0) is 42.4 Å². The monoisotopic (exact) mass is 290 g/mol. The van der Waals surface area contributed by atoms with E-state index in [1.807, 2.05) is 0 Å².